The Morgan fingerprint density at radius 2 is 1.58 bits per heavy atom. The van der Waals surface area contributed by atoms with E-state index in [0.717, 1.165) is 41.9 Å². The van der Waals surface area contributed by atoms with E-state index < -0.39 is 0 Å². The van der Waals surface area contributed by atoms with Gasteiger partial charge >= 0.3 is 0 Å². The molecular formula is C20H23NO3. The number of benzene rings is 2. The van der Waals surface area contributed by atoms with Crippen LogP contribution >= 0.6 is 0 Å². The molecule has 1 unspecified atom stereocenters. The van der Waals surface area contributed by atoms with Crippen LogP contribution in [0.2, 0.25) is 0 Å². The summed E-state index contributed by atoms with van der Waals surface area (Å²) in [6, 6.07) is 12.0. The number of fused-ring (bicyclic) bond motifs is 2. The Morgan fingerprint density at radius 3 is 2.29 bits per heavy atom. The van der Waals surface area contributed by atoms with E-state index in [1.165, 1.54) is 11.1 Å². The van der Waals surface area contributed by atoms with Crippen molar-refractivity contribution in [3.8, 4) is 11.5 Å². The van der Waals surface area contributed by atoms with Crippen LogP contribution < -0.4 is 15.2 Å². The monoisotopic (exact) mass is 325 g/mol. The van der Waals surface area contributed by atoms with Crippen LogP contribution in [0.15, 0.2) is 36.4 Å². The Bertz CT molecular complexity index is 755. The van der Waals surface area contributed by atoms with Crippen LogP contribution in [0.4, 0.5) is 0 Å². The molecule has 0 heterocycles. The lowest BCUT2D eigenvalue weighted by molar-refractivity contribution is 0.0994. The second-order valence-electron chi connectivity index (χ2n) is 6.16. The zero-order chi connectivity index (χ0) is 17.1. The van der Waals surface area contributed by atoms with Crippen molar-refractivity contribution in [2.75, 3.05) is 14.2 Å². The number of ketones is 1. The highest BCUT2D eigenvalue weighted by atomic mass is 16.5. The molecule has 0 aromatic heterocycles. The van der Waals surface area contributed by atoms with Crippen LogP contribution in [0.3, 0.4) is 0 Å². The molecule has 4 nitrogen and oxygen atoms in total. The quantitative estimate of drug-likeness (QED) is 0.918. The second kappa shape index (κ2) is 7.05. The van der Waals surface area contributed by atoms with Gasteiger partial charge in [0.25, 0.3) is 0 Å². The SMILES string of the molecule is COc1ccc2c(c1)CCC2=O.COc1ccc2c(c1)CCC2N. The highest BCUT2D eigenvalue weighted by molar-refractivity contribution is 6.00. The fraction of sp³-hybridized carbons (Fsp3) is 0.350. The van der Waals surface area contributed by atoms with E-state index in [-0.39, 0.29) is 11.8 Å². The van der Waals surface area contributed by atoms with Crippen molar-refractivity contribution in [3.63, 3.8) is 0 Å². The first-order valence-electron chi connectivity index (χ1n) is 8.25. The molecule has 0 bridgehead atoms. The van der Waals surface area contributed by atoms with Gasteiger partial charge in [-0.3, -0.25) is 4.79 Å². The largest absolute Gasteiger partial charge is 0.497 e. The van der Waals surface area contributed by atoms with E-state index in [1.807, 2.05) is 24.3 Å². The van der Waals surface area contributed by atoms with E-state index in [9.17, 15) is 4.79 Å². The standard InChI is InChI=1S/C10H13NO.C10H10O2/c2*1-12-8-3-4-9-7(6-8)2-5-10(9)11/h3-4,6,10H,2,5,11H2,1H3;3-4,6H,2,5H2,1H3. The van der Waals surface area contributed by atoms with Gasteiger partial charge in [0, 0.05) is 18.0 Å². The number of hydrogen-bond donors (Lipinski definition) is 1. The van der Waals surface area contributed by atoms with Crippen LogP contribution in [0.5, 0.6) is 11.5 Å². The lowest BCUT2D eigenvalue weighted by atomic mass is 10.1. The number of Topliss-reactive ketones (excluding diaryl/α,β-unsaturated/α-hetero) is 1. The van der Waals surface area contributed by atoms with Crippen LogP contribution in [-0.4, -0.2) is 20.0 Å². The van der Waals surface area contributed by atoms with Gasteiger partial charge in [0.2, 0.25) is 0 Å². The molecule has 4 heteroatoms. The normalized spacial score (nSPS) is 17.6. The molecule has 0 fully saturated rings. The number of nitrogens with two attached hydrogens (primary N) is 1. The number of aryl methyl sites for hydroxylation is 2. The minimum absolute atomic E-state index is 0.242. The molecular weight excluding hydrogens is 302 g/mol. The van der Waals surface area contributed by atoms with Gasteiger partial charge in [-0.05, 0) is 66.3 Å². The lowest BCUT2D eigenvalue weighted by Crippen LogP contribution is -2.04. The number of ether oxygens (including phenoxy) is 2. The van der Waals surface area contributed by atoms with Crippen molar-refractivity contribution in [1.82, 2.24) is 0 Å². The third kappa shape index (κ3) is 3.29. The van der Waals surface area contributed by atoms with Gasteiger partial charge in [0.1, 0.15) is 11.5 Å². The number of hydrogen-bond acceptors (Lipinski definition) is 4. The summed E-state index contributed by atoms with van der Waals surface area (Å²) >= 11 is 0. The van der Waals surface area contributed by atoms with Crippen molar-refractivity contribution in [3.05, 3.63) is 58.7 Å². The van der Waals surface area contributed by atoms with Gasteiger partial charge in [0.05, 0.1) is 14.2 Å². The molecule has 0 saturated heterocycles. The van der Waals surface area contributed by atoms with E-state index in [1.54, 1.807) is 14.2 Å². The fourth-order valence-corrected chi connectivity index (χ4v) is 3.31. The first-order valence-corrected chi connectivity index (χ1v) is 8.25. The van der Waals surface area contributed by atoms with E-state index >= 15 is 0 Å². The number of carbonyl (C=O) groups is 1. The van der Waals surface area contributed by atoms with Crippen molar-refractivity contribution >= 4 is 5.78 Å². The van der Waals surface area contributed by atoms with Gasteiger partial charge in [-0.25, -0.2) is 0 Å². The summed E-state index contributed by atoms with van der Waals surface area (Å²) in [5, 5.41) is 0. The summed E-state index contributed by atoms with van der Waals surface area (Å²) in [7, 11) is 3.33. The molecule has 0 aliphatic heterocycles. The molecule has 0 amide bonds. The highest BCUT2D eigenvalue weighted by Gasteiger charge is 2.19. The van der Waals surface area contributed by atoms with Crippen molar-refractivity contribution in [1.29, 1.82) is 0 Å². The zero-order valence-electron chi connectivity index (χ0n) is 14.2. The minimum Gasteiger partial charge on any atom is -0.497 e. The third-order valence-corrected chi connectivity index (χ3v) is 4.71. The maximum Gasteiger partial charge on any atom is 0.163 e. The molecule has 0 radical (unpaired) electrons. The van der Waals surface area contributed by atoms with E-state index in [4.69, 9.17) is 15.2 Å². The summed E-state index contributed by atoms with van der Waals surface area (Å²) in [5.74, 6) is 2.03. The topological polar surface area (TPSA) is 61.5 Å². The second-order valence-corrected chi connectivity index (χ2v) is 6.16. The maximum absolute atomic E-state index is 11.2. The molecule has 4 rings (SSSR count). The van der Waals surface area contributed by atoms with Crippen molar-refractivity contribution in [2.24, 2.45) is 5.73 Å². The minimum atomic E-state index is 0.242. The molecule has 126 valence electrons. The predicted molar refractivity (Wildman–Crippen MR) is 93.9 cm³/mol. The Morgan fingerprint density at radius 1 is 0.917 bits per heavy atom. The molecule has 1 atom stereocenters. The van der Waals surface area contributed by atoms with Crippen molar-refractivity contribution in [2.45, 2.75) is 31.7 Å². The van der Waals surface area contributed by atoms with Crippen LogP contribution in [0, 0.1) is 0 Å². The Hall–Kier alpha value is -2.33. The molecule has 0 spiro atoms. The van der Waals surface area contributed by atoms with Crippen LogP contribution in [-0.2, 0) is 12.8 Å². The van der Waals surface area contributed by atoms with Crippen LogP contribution in [0.25, 0.3) is 0 Å². The lowest BCUT2D eigenvalue weighted by Gasteiger charge is -2.05. The van der Waals surface area contributed by atoms with Crippen LogP contribution in [0.1, 0.15) is 45.9 Å². The van der Waals surface area contributed by atoms with Gasteiger partial charge in [-0.15, -0.1) is 0 Å². The number of carbonyl (C=O) groups excluding carboxylic acids is 1. The number of methoxy groups -OCH3 is 2. The Labute approximate surface area is 142 Å². The molecule has 2 N–H and O–H groups in total. The summed E-state index contributed by atoms with van der Waals surface area (Å²) in [5.41, 5.74) is 10.5. The summed E-state index contributed by atoms with van der Waals surface area (Å²) in [6.45, 7) is 0. The first-order chi connectivity index (χ1) is 11.6. The summed E-state index contributed by atoms with van der Waals surface area (Å²) < 4.78 is 10.2. The highest BCUT2D eigenvalue weighted by Crippen LogP contribution is 2.31. The van der Waals surface area contributed by atoms with E-state index in [2.05, 4.69) is 12.1 Å². The van der Waals surface area contributed by atoms with Gasteiger partial charge in [-0.1, -0.05) is 6.07 Å². The Kier molecular flexibility index (Phi) is 4.86. The number of rotatable bonds is 2. The smallest absolute Gasteiger partial charge is 0.163 e. The summed E-state index contributed by atoms with van der Waals surface area (Å²) in [6.07, 6.45) is 3.68. The van der Waals surface area contributed by atoms with Gasteiger partial charge in [-0.2, -0.15) is 0 Å². The molecule has 2 aliphatic carbocycles. The average molecular weight is 325 g/mol. The molecule has 2 aromatic rings. The Balaban J connectivity index is 0.000000141. The zero-order valence-corrected chi connectivity index (χ0v) is 14.2. The first kappa shape index (κ1) is 16.5. The van der Waals surface area contributed by atoms with Crippen molar-refractivity contribution < 1.29 is 14.3 Å². The predicted octanol–water partition coefficient (Wildman–Crippen LogP) is 3.47. The molecule has 0 saturated carbocycles. The third-order valence-electron chi connectivity index (χ3n) is 4.71. The molecule has 24 heavy (non-hydrogen) atoms. The van der Waals surface area contributed by atoms with Gasteiger partial charge < -0.3 is 15.2 Å². The molecule has 2 aliphatic rings. The van der Waals surface area contributed by atoms with E-state index in [0.29, 0.717) is 6.42 Å². The summed E-state index contributed by atoms with van der Waals surface area (Å²) in [4.78, 5) is 11.2. The fourth-order valence-electron chi connectivity index (χ4n) is 3.31. The average Bonchev–Trinajstić information content (AvgIpc) is 3.18. The maximum atomic E-state index is 11.2. The molecule has 2 aromatic carbocycles. The van der Waals surface area contributed by atoms with Gasteiger partial charge in [0.15, 0.2) is 5.78 Å².